The van der Waals surface area contributed by atoms with Gasteiger partial charge in [-0.25, -0.2) is 5.43 Å². The number of hydrazine groups is 1. The van der Waals surface area contributed by atoms with Crippen LogP contribution in [0, 0.1) is 10.1 Å². The molecule has 90 valence electrons. The summed E-state index contributed by atoms with van der Waals surface area (Å²) in [6, 6.07) is 6.31. The minimum Gasteiger partial charge on any atom is -0.290 e. The summed E-state index contributed by atoms with van der Waals surface area (Å²) in [6.07, 6.45) is 0.473. The molecule has 1 saturated heterocycles. The van der Waals surface area contributed by atoms with Crippen molar-refractivity contribution in [2.75, 3.05) is 5.75 Å². The van der Waals surface area contributed by atoms with Crippen LogP contribution >= 0.6 is 11.8 Å². The van der Waals surface area contributed by atoms with E-state index in [1.165, 1.54) is 12.1 Å². The highest BCUT2D eigenvalue weighted by atomic mass is 32.2. The number of hydrogen-bond donors (Lipinski definition) is 2. The number of benzene rings is 1. The first-order chi connectivity index (χ1) is 8.16. The Morgan fingerprint density at radius 1 is 1.35 bits per heavy atom. The molecule has 1 aliphatic rings. The molecule has 7 heteroatoms. The minimum absolute atomic E-state index is 0.0399. The molecule has 6 nitrogen and oxygen atoms in total. The van der Waals surface area contributed by atoms with E-state index in [4.69, 9.17) is 0 Å². The van der Waals surface area contributed by atoms with Gasteiger partial charge in [0.05, 0.1) is 10.3 Å². The highest BCUT2D eigenvalue weighted by Crippen LogP contribution is 2.28. The Balaban J connectivity index is 2.11. The first-order valence-corrected chi connectivity index (χ1v) is 6.12. The van der Waals surface area contributed by atoms with Crippen molar-refractivity contribution < 1.29 is 9.72 Å². The second-order valence-electron chi connectivity index (χ2n) is 3.54. The van der Waals surface area contributed by atoms with Gasteiger partial charge in [-0.05, 0) is 17.7 Å². The Morgan fingerprint density at radius 2 is 2.06 bits per heavy atom. The molecule has 1 atom stereocenters. The average molecular weight is 253 g/mol. The van der Waals surface area contributed by atoms with Gasteiger partial charge in [0.2, 0.25) is 5.91 Å². The number of nitrogens with zero attached hydrogens (tertiary/aromatic N) is 1. The predicted octanol–water partition coefficient (Wildman–Crippen LogP) is 1.35. The smallest absolute Gasteiger partial charge is 0.269 e. The molecule has 0 bridgehead atoms. The third-order valence-corrected chi connectivity index (χ3v) is 3.53. The van der Waals surface area contributed by atoms with Gasteiger partial charge in [-0.3, -0.25) is 20.3 Å². The zero-order valence-corrected chi connectivity index (χ0v) is 9.70. The summed E-state index contributed by atoms with van der Waals surface area (Å²) in [5, 5.41) is 10.4. The van der Waals surface area contributed by atoms with Crippen molar-refractivity contribution in [1.82, 2.24) is 10.9 Å². The molecule has 1 aromatic carbocycles. The molecular weight excluding hydrogens is 242 g/mol. The third kappa shape index (κ3) is 2.95. The Labute approximate surface area is 102 Å². The summed E-state index contributed by atoms with van der Waals surface area (Å²) in [5.41, 5.74) is 6.45. The molecule has 1 fully saturated rings. The molecule has 0 aliphatic carbocycles. The number of amides is 1. The molecule has 0 aromatic heterocycles. The number of rotatable bonds is 2. The lowest BCUT2D eigenvalue weighted by Crippen LogP contribution is -2.36. The number of thioether (sulfide) groups is 1. The number of carbonyl (C=O) groups excluding carboxylic acids is 1. The fourth-order valence-corrected chi connectivity index (χ4v) is 2.50. The number of hydrogen-bond acceptors (Lipinski definition) is 5. The largest absolute Gasteiger partial charge is 0.290 e. The summed E-state index contributed by atoms with van der Waals surface area (Å²) in [7, 11) is 0. The molecule has 0 radical (unpaired) electrons. The predicted molar refractivity (Wildman–Crippen MR) is 64.2 cm³/mol. The molecule has 1 unspecified atom stereocenters. The van der Waals surface area contributed by atoms with E-state index in [0.717, 1.165) is 11.3 Å². The molecule has 1 heterocycles. The first-order valence-electron chi connectivity index (χ1n) is 5.07. The van der Waals surface area contributed by atoms with Crippen LogP contribution in [0.4, 0.5) is 5.69 Å². The van der Waals surface area contributed by atoms with Crippen LogP contribution in [0.3, 0.4) is 0 Å². The molecule has 2 N–H and O–H groups in total. The number of nitro groups is 1. The maximum atomic E-state index is 11.1. The van der Waals surface area contributed by atoms with E-state index in [0.29, 0.717) is 6.42 Å². The second-order valence-corrected chi connectivity index (χ2v) is 4.75. The molecule has 0 spiro atoms. The van der Waals surface area contributed by atoms with Gasteiger partial charge in [-0.2, -0.15) is 0 Å². The molecule has 2 rings (SSSR count). The van der Waals surface area contributed by atoms with Crippen molar-refractivity contribution >= 4 is 23.4 Å². The quantitative estimate of drug-likeness (QED) is 0.614. The third-order valence-electron chi connectivity index (χ3n) is 2.36. The van der Waals surface area contributed by atoms with Gasteiger partial charge in [0.15, 0.2) is 0 Å². The van der Waals surface area contributed by atoms with E-state index in [-0.39, 0.29) is 17.0 Å². The van der Waals surface area contributed by atoms with Crippen LogP contribution in [-0.2, 0) is 4.79 Å². The summed E-state index contributed by atoms with van der Waals surface area (Å²) in [4.78, 5) is 21.2. The Kier molecular flexibility index (Phi) is 3.60. The van der Waals surface area contributed by atoms with E-state index < -0.39 is 4.92 Å². The lowest BCUT2D eigenvalue weighted by Gasteiger charge is -2.15. The van der Waals surface area contributed by atoms with E-state index in [1.807, 2.05) is 0 Å². The molecule has 1 aromatic rings. The zero-order chi connectivity index (χ0) is 12.3. The molecule has 1 amide bonds. The van der Waals surface area contributed by atoms with Gasteiger partial charge in [-0.1, -0.05) is 0 Å². The van der Waals surface area contributed by atoms with Crippen LogP contribution in [-0.4, -0.2) is 16.6 Å². The lowest BCUT2D eigenvalue weighted by molar-refractivity contribution is -0.384. The van der Waals surface area contributed by atoms with Crippen molar-refractivity contribution in [2.45, 2.75) is 11.8 Å². The normalized spacial score (nSPS) is 20.5. The van der Waals surface area contributed by atoms with Crippen molar-refractivity contribution in [3.63, 3.8) is 0 Å². The van der Waals surface area contributed by atoms with Crippen LogP contribution in [0.15, 0.2) is 24.3 Å². The maximum Gasteiger partial charge on any atom is 0.269 e. The standard InChI is InChI=1S/C10H11N3O3S/c14-9-5-6-17-10(12-11-9)7-1-3-8(4-2-7)13(15)16/h1-4,10,12H,5-6H2,(H,11,14). The van der Waals surface area contributed by atoms with Crippen molar-refractivity contribution in [2.24, 2.45) is 0 Å². The summed E-state index contributed by atoms with van der Waals surface area (Å²) in [5.74, 6) is 0.683. The topological polar surface area (TPSA) is 84.3 Å². The molecular formula is C10H11N3O3S. The monoisotopic (exact) mass is 253 g/mol. The van der Waals surface area contributed by atoms with E-state index in [1.54, 1.807) is 23.9 Å². The summed E-state index contributed by atoms with van der Waals surface area (Å²) in [6.45, 7) is 0. The van der Waals surface area contributed by atoms with Gasteiger partial charge in [0, 0.05) is 24.3 Å². The Bertz CT molecular complexity index is 435. The van der Waals surface area contributed by atoms with Crippen LogP contribution in [0.5, 0.6) is 0 Å². The van der Waals surface area contributed by atoms with Gasteiger partial charge >= 0.3 is 0 Å². The van der Waals surface area contributed by atoms with Gasteiger partial charge in [-0.15, -0.1) is 11.8 Å². The average Bonchev–Trinajstić information content (AvgIpc) is 2.54. The Hall–Kier alpha value is -1.60. The van der Waals surface area contributed by atoms with Crippen molar-refractivity contribution in [3.8, 4) is 0 Å². The fourth-order valence-electron chi connectivity index (χ4n) is 1.47. The number of non-ortho nitro benzene ring substituents is 1. The van der Waals surface area contributed by atoms with Crippen LogP contribution < -0.4 is 10.9 Å². The maximum absolute atomic E-state index is 11.1. The van der Waals surface area contributed by atoms with E-state index >= 15 is 0 Å². The van der Waals surface area contributed by atoms with Gasteiger partial charge in [0.1, 0.15) is 0 Å². The molecule has 0 saturated carbocycles. The van der Waals surface area contributed by atoms with Gasteiger partial charge < -0.3 is 0 Å². The second kappa shape index (κ2) is 5.15. The molecule has 1 aliphatic heterocycles. The van der Waals surface area contributed by atoms with Gasteiger partial charge in [0.25, 0.3) is 5.69 Å². The number of nitrogens with one attached hydrogen (secondary N) is 2. The van der Waals surface area contributed by atoms with Crippen molar-refractivity contribution in [3.05, 3.63) is 39.9 Å². The summed E-state index contributed by atoms with van der Waals surface area (Å²) < 4.78 is 0. The number of carbonyl (C=O) groups is 1. The minimum atomic E-state index is -0.431. The SMILES string of the molecule is O=C1CCSC(c2ccc([N+](=O)[O-])cc2)NN1. The van der Waals surface area contributed by atoms with Crippen LogP contribution in [0.25, 0.3) is 0 Å². The van der Waals surface area contributed by atoms with Crippen LogP contribution in [0.2, 0.25) is 0 Å². The van der Waals surface area contributed by atoms with E-state index in [9.17, 15) is 14.9 Å². The highest BCUT2D eigenvalue weighted by Gasteiger charge is 2.17. The Morgan fingerprint density at radius 3 is 2.71 bits per heavy atom. The van der Waals surface area contributed by atoms with Crippen molar-refractivity contribution in [1.29, 1.82) is 0 Å². The number of nitro benzene ring substituents is 1. The highest BCUT2D eigenvalue weighted by molar-refractivity contribution is 7.99. The lowest BCUT2D eigenvalue weighted by atomic mass is 10.2. The fraction of sp³-hybridized carbons (Fsp3) is 0.300. The summed E-state index contributed by atoms with van der Waals surface area (Å²) >= 11 is 1.59. The van der Waals surface area contributed by atoms with Crippen LogP contribution in [0.1, 0.15) is 17.4 Å². The van der Waals surface area contributed by atoms with E-state index in [2.05, 4.69) is 10.9 Å². The molecule has 17 heavy (non-hydrogen) atoms. The zero-order valence-electron chi connectivity index (χ0n) is 8.88. The first kappa shape index (κ1) is 11.9.